The molecule has 1 fully saturated rings. The molecule has 256 valence electrons. The SMILES string of the molecule is CO[C@H]1/C=C/CCCS(=O)(NC(=O)CCc2nccs2)=NC(=O)c2ccc3c(c2)N(Cc2ccc(Cl)cc2CCCCO3)C[C@@H]2CC[C@H]21. The highest BCUT2D eigenvalue weighted by atomic mass is 35.5. The number of amides is 2. The van der Waals surface area contributed by atoms with Crippen molar-refractivity contribution in [3.8, 4) is 5.75 Å². The fourth-order valence-electron chi connectivity index (χ4n) is 6.75. The molecule has 0 radical (unpaired) electrons. The summed E-state index contributed by atoms with van der Waals surface area (Å²) in [5.41, 5.74) is 3.49. The van der Waals surface area contributed by atoms with Gasteiger partial charge in [-0.2, -0.15) is 0 Å². The molecular weight excluding hydrogens is 668 g/mol. The first-order chi connectivity index (χ1) is 23.3. The molecule has 2 bridgehead atoms. The van der Waals surface area contributed by atoms with Gasteiger partial charge in [0, 0.05) is 55.2 Å². The van der Waals surface area contributed by atoms with Gasteiger partial charge in [-0.3, -0.25) is 14.3 Å². The van der Waals surface area contributed by atoms with Gasteiger partial charge in [0.1, 0.15) is 15.7 Å². The van der Waals surface area contributed by atoms with Crippen molar-refractivity contribution >= 4 is 50.4 Å². The van der Waals surface area contributed by atoms with Crippen molar-refractivity contribution in [3.63, 3.8) is 0 Å². The Morgan fingerprint density at radius 3 is 2.85 bits per heavy atom. The van der Waals surface area contributed by atoms with Crippen LogP contribution >= 0.6 is 22.9 Å². The zero-order valence-corrected chi connectivity index (χ0v) is 29.7. The van der Waals surface area contributed by atoms with Crippen molar-refractivity contribution in [1.82, 2.24) is 9.71 Å². The minimum absolute atomic E-state index is 0.0464. The summed E-state index contributed by atoms with van der Waals surface area (Å²) in [7, 11) is -1.65. The first kappa shape index (κ1) is 34.6. The maximum absolute atomic E-state index is 14.2. The third-order valence-electron chi connectivity index (χ3n) is 9.47. The largest absolute Gasteiger partial charge is 0.491 e. The van der Waals surface area contributed by atoms with Gasteiger partial charge in [-0.15, -0.1) is 15.7 Å². The lowest BCUT2D eigenvalue weighted by Gasteiger charge is -2.43. The summed E-state index contributed by atoms with van der Waals surface area (Å²) in [4.78, 5) is 33.3. The molecule has 1 saturated carbocycles. The third-order valence-corrected chi connectivity index (χ3v) is 12.4. The Morgan fingerprint density at radius 2 is 2.06 bits per heavy atom. The summed E-state index contributed by atoms with van der Waals surface area (Å²) in [5.74, 6) is 0.409. The summed E-state index contributed by atoms with van der Waals surface area (Å²) in [6.45, 7) is 1.90. The van der Waals surface area contributed by atoms with Crippen LogP contribution in [0.2, 0.25) is 5.02 Å². The molecule has 9 nitrogen and oxygen atoms in total. The third kappa shape index (κ3) is 8.66. The van der Waals surface area contributed by atoms with E-state index in [-0.39, 0.29) is 18.3 Å². The molecule has 12 heteroatoms. The fraction of sp³-hybridized carbons (Fsp3) is 0.472. The van der Waals surface area contributed by atoms with E-state index in [1.165, 1.54) is 22.5 Å². The van der Waals surface area contributed by atoms with Crippen LogP contribution in [0.1, 0.15) is 71.4 Å². The summed E-state index contributed by atoms with van der Waals surface area (Å²) in [5, 5.41) is 3.39. The van der Waals surface area contributed by atoms with Gasteiger partial charge in [0.15, 0.2) is 0 Å². The van der Waals surface area contributed by atoms with Crippen molar-refractivity contribution in [3.05, 3.63) is 86.8 Å². The zero-order chi connectivity index (χ0) is 33.5. The molecule has 2 amide bonds. The molecule has 0 spiro atoms. The van der Waals surface area contributed by atoms with Gasteiger partial charge in [-0.05, 0) is 98.2 Å². The number of halogens is 1. The van der Waals surface area contributed by atoms with E-state index >= 15 is 0 Å². The highest BCUT2D eigenvalue weighted by molar-refractivity contribution is 7.92. The second kappa shape index (κ2) is 16.0. The average Bonchev–Trinajstić information content (AvgIpc) is 3.57. The van der Waals surface area contributed by atoms with E-state index in [4.69, 9.17) is 21.1 Å². The Morgan fingerprint density at radius 1 is 1.17 bits per heavy atom. The van der Waals surface area contributed by atoms with Crippen LogP contribution in [0.25, 0.3) is 0 Å². The molecule has 1 N–H and O–H groups in total. The van der Waals surface area contributed by atoms with Gasteiger partial charge in [0.25, 0.3) is 5.91 Å². The van der Waals surface area contributed by atoms with Crippen LogP contribution in [0.15, 0.2) is 64.5 Å². The molecule has 2 aromatic carbocycles. The molecule has 3 aliphatic rings. The summed E-state index contributed by atoms with van der Waals surface area (Å²) in [6.07, 6.45) is 12.3. The predicted octanol–water partition coefficient (Wildman–Crippen LogP) is 7.18. The fourth-order valence-corrected chi connectivity index (χ4v) is 9.19. The number of hydrogen-bond donors (Lipinski definition) is 1. The lowest BCUT2D eigenvalue weighted by molar-refractivity contribution is -0.119. The van der Waals surface area contributed by atoms with E-state index in [1.54, 1.807) is 19.4 Å². The Hall–Kier alpha value is -3.25. The summed E-state index contributed by atoms with van der Waals surface area (Å²) >= 11 is 7.91. The topological polar surface area (TPSA) is 110 Å². The highest BCUT2D eigenvalue weighted by Gasteiger charge is 2.38. The molecule has 0 saturated heterocycles. The Labute approximate surface area is 292 Å². The second-order valence-corrected chi connectivity index (χ2v) is 16.2. The van der Waals surface area contributed by atoms with Crippen LogP contribution in [0.5, 0.6) is 5.75 Å². The van der Waals surface area contributed by atoms with Crippen molar-refractivity contribution < 1.29 is 23.3 Å². The van der Waals surface area contributed by atoms with E-state index in [0.29, 0.717) is 55.6 Å². The van der Waals surface area contributed by atoms with Crippen LogP contribution < -0.4 is 14.4 Å². The Balaban J connectivity index is 1.39. The van der Waals surface area contributed by atoms with Gasteiger partial charge in [-0.1, -0.05) is 29.8 Å². The quantitative estimate of drug-likeness (QED) is 0.279. The minimum atomic E-state index is -3.40. The summed E-state index contributed by atoms with van der Waals surface area (Å²) < 4.78 is 33.4. The first-order valence-electron chi connectivity index (χ1n) is 16.8. The molecule has 48 heavy (non-hydrogen) atoms. The maximum atomic E-state index is 14.2. The van der Waals surface area contributed by atoms with E-state index in [1.807, 2.05) is 23.6 Å². The van der Waals surface area contributed by atoms with Gasteiger partial charge in [0.2, 0.25) is 5.91 Å². The van der Waals surface area contributed by atoms with Gasteiger partial charge < -0.3 is 14.4 Å². The lowest BCUT2D eigenvalue weighted by Crippen LogP contribution is -2.43. The second-order valence-electron chi connectivity index (χ2n) is 12.7. The Kier molecular flexibility index (Phi) is 11.5. The van der Waals surface area contributed by atoms with Crippen LogP contribution in [-0.2, 0) is 38.8 Å². The molecule has 2 aliphatic heterocycles. The smallest absolute Gasteiger partial charge is 0.286 e. The van der Waals surface area contributed by atoms with Crippen LogP contribution in [0.3, 0.4) is 0 Å². The zero-order valence-electron chi connectivity index (χ0n) is 27.3. The van der Waals surface area contributed by atoms with Crippen LogP contribution in [0, 0.1) is 11.8 Å². The molecule has 4 atom stereocenters. The Bertz CT molecular complexity index is 1750. The molecule has 1 unspecified atom stereocenters. The number of carbonyl (C=O) groups excluding carboxylic acids is 2. The number of hydrogen-bond acceptors (Lipinski definition) is 8. The average molecular weight is 711 g/mol. The van der Waals surface area contributed by atoms with Crippen LogP contribution in [0.4, 0.5) is 5.69 Å². The van der Waals surface area contributed by atoms with Crippen molar-refractivity contribution in [1.29, 1.82) is 0 Å². The van der Waals surface area contributed by atoms with Gasteiger partial charge in [0.05, 0.1) is 29.2 Å². The number of ether oxygens (including phenoxy) is 2. The van der Waals surface area contributed by atoms with E-state index in [2.05, 4.69) is 43.3 Å². The molecule has 3 heterocycles. The number of nitrogens with zero attached hydrogens (tertiary/aromatic N) is 3. The van der Waals surface area contributed by atoms with Crippen LogP contribution in [-0.4, -0.2) is 53.1 Å². The predicted molar refractivity (Wildman–Crippen MR) is 191 cm³/mol. The number of thiazole rings is 1. The molecule has 6 rings (SSSR count). The highest BCUT2D eigenvalue weighted by Crippen LogP contribution is 2.42. The summed E-state index contributed by atoms with van der Waals surface area (Å²) in [6, 6.07) is 11.4. The number of aryl methyl sites for hydroxylation is 2. The number of allylic oxidation sites excluding steroid dienone is 1. The molecule has 1 aromatic heterocycles. The number of nitrogens with one attached hydrogen (secondary N) is 1. The first-order valence-corrected chi connectivity index (χ1v) is 19.7. The van der Waals surface area contributed by atoms with E-state index < -0.39 is 21.7 Å². The molecule has 3 aromatic rings. The number of aromatic nitrogens is 1. The minimum Gasteiger partial charge on any atom is -0.491 e. The van der Waals surface area contributed by atoms with Gasteiger partial charge >= 0.3 is 0 Å². The maximum Gasteiger partial charge on any atom is 0.286 e. The van der Waals surface area contributed by atoms with Gasteiger partial charge in [-0.25, -0.2) is 9.19 Å². The number of benzene rings is 2. The van der Waals surface area contributed by atoms with E-state index in [0.717, 1.165) is 54.4 Å². The lowest BCUT2D eigenvalue weighted by atomic mass is 9.70. The number of rotatable bonds is 5. The van der Waals surface area contributed by atoms with Crippen molar-refractivity contribution in [2.75, 3.05) is 30.9 Å². The monoisotopic (exact) mass is 710 g/mol. The van der Waals surface area contributed by atoms with E-state index in [9.17, 15) is 13.8 Å². The number of methoxy groups -OCH3 is 1. The molecule has 1 aliphatic carbocycles. The van der Waals surface area contributed by atoms with Crippen molar-refractivity contribution in [2.45, 2.75) is 70.4 Å². The van der Waals surface area contributed by atoms with Crippen molar-refractivity contribution in [2.24, 2.45) is 16.2 Å². The normalized spacial score (nSPS) is 25.6. The number of fused-ring (bicyclic) bond motifs is 3. The molecular formula is C36H43ClN4O5S2. The standard InChI is InChI=1S/C36H43ClN4O5S2/c1-45-32-8-3-2-6-20-48(44,39-34(42)15-16-35-38-17-19-47-35)40-36(43)26-11-14-33-31(22-26)41(24-28-10-13-30(28)32)23-27-9-12-29(37)21-25(27)7-4-5-18-46-33/h3,8-9,11-12,14,17,19,21-22,28,30,32H,2,4-7,10,13,15-16,18,20,23-24H2,1H3,(H,39,40,42,43,44)/b8-3+/t28-,30+,32-,48?/m0/s1. The number of carbonyl (C=O) groups is 2. The number of anilines is 1.